The van der Waals surface area contributed by atoms with Gasteiger partial charge in [-0.15, -0.1) is 0 Å². The van der Waals surface area contributed by atoms with Crippen LogP contribution in [0.25, 0.3) is 0 Å². The maximum absolute atomic E-state index is 12.4. The van der Waals surface area contributed by atoms with E-state index in [0.29, 0.717) is 6.61 Å². The number of hydrogen-bond donors (Lipinski definition) is 2. The third-order valence-corrected chi connectivity index (χ3v) is 4.64. The number of amides is 1. The third kappa shape index (κ3) is 4.16. The Labute approximate surface area is 127 Å². The summed E-state index contributed by atoms with van der Waals surface area (Å²) in [7, 11) is 0. The van der Waals surface area contributed by atoms with E-state index in [2.05, 4.69) is 19.2 Å². The van der Waals surface area contributed by atoms with Crippen molar-refractivity contribution < 1.29 is 9.53 Å². The number of carbonyl (C=O) groups excluding carboxylic acids is 1. The number of ether oxygens (including phenoxy) is 1. The van der Waals surface area contributed by atoms with Gasteiger partial charge in [-0.3, -0.25) is 4.79 Å². The van der Waals surface area contributed by atoms with Gasteiger partial charge in [-0.25, -0.2) is 0 Å². The topological polar surface area (TPSA) is 64.4 Å². The summed E-state index contributed by atoms with van der Waals surface area (Å²) >= 11 is 5.02. The Kier molecular flexibility index (Phi) is 6.40. The molecule has 1 heterocycles. The van der Waals surface area contributed by atoms with Gasteiger partial charge in [0.05, 0.1) is 16.5 Å². The van der Waals surface area contributed by atoms with Crippen molar-refractivity contribution in [3.05, 3.63) is 0 Å². The van der Waals surface area contributed by atoms with Crippen LogP contribution in [-0.2, 0) is 9.53 Å². The molecule has 0 aromatic carbocycles. The van der Waals surface area contributed by atoms with Crippen LogP contribution < -0.4 is 11.1 Å². The van der Waals surface area contributed by atoms with Crippen LogP contribution in [0.4, 0.5) is 0 Å². The fraction of sp³-hybridized carbons (Fsp3) is 0.867. The summed E-state index contributed by atoms with van der Waals surface area (Å²) in [5, 5.41) is 3.12. The molecule has 1 saturated heterocycles. The fourth-order valence-electron chi connectivity index (χ4n) is 2.95. The standard InChI is InChI=1S/C15H28N2O2S/c1-5-15(6-2)9-11(7-8-19-15)17-14(18)12(10(3)4)13(16)20/h10-12H,5-9H2,1-4H3,(H2,16,20)(H,17,18). The molecule has 1 aliphatic rings. The Balaban J connectivity index is 2.68. The van der Waals surface area contributed by atoms with Gasteiger partial charge in [0.1, 0.15) is 0 Å². The van der Waals surface area contributed by atoms with E-state index in [1.165, 1.54) is 0 Å². The Morgan fingerprint density at radius 3 is 2.50 bits per heavy atom. The van der Waals surface area contributed by atoms with Gasteiger partial charge in [-0.05, 0) is 31.6 Å². The molecular formula is C15H28N2O2S. The average Bonchev–Trinajstić information content (AvgIpc) is 2.37. The van der Waals surface area contributed by atoms with Gasteiger partial charge >= 0.3 is 0 Å². The molecule has 116 valence electrons. The van der Waals surface area contributed by atoms with Gasteiger partial charge in [0, 0.05) is 12.6 Å². The zero-order chi connectivity index (χ0) is 15.3. The number of rotatable bonds is 6. The third-order valence-electron chi connectivity index (χ3n) is 4.38. The van der Waals surface area contributed by atoms with Gasteiger partial charge in [-0.2, -0.15) is 0 Å². The van der Waals surface area contributed by atoms with Crippen LogP contribution in [0.2, 0.25) is 0 Å². The monoisotopic (exact) mass is 300 g/mol. The quantitative estimate of drug-likeness (QED) is 0.739. The lowest BCUT2D eigenvalue weighted by Gasteiger charge is -2.40. The number of carbonyl (C=O) groups is 1. The Morgan fingerprint density at radius 1 is 1.45 bits per heavy atom. The lowest BCUT2D eigenvalue weighted by atomic mass is 9.85. The summed E-state index contributed by atoms with van der Waals surface area (Å²) in [6.45, 7) is 8.91. The van der Waals surface area contributed by atoms with Gasteiger partial charge in [-0.1, -0.05) is 39.9 Å². The van der Waals surface area contributed by atoms with Crippen molar-refractivity contribution in [1.29, 1.82) is 0 Å². The van der Waals surface area contributed by atoms with E-state index in [1.807, 2.05) is 13.8 Å². The molecule has 5 heteroatoms. The van der Waals surface area contributed by atoms with Crippen LogP contribution in [0.5, 0.6) is 0 Å². The molecule has 0 aromatic rings. The highest BCUT2D eigenvalue weighted by atomic mass is 32.1. The first-order valence-corrected chi connectivity index (χ1v) is 7.99. The molecule has 4 nitrogen and oxygen atoms in total. The SMILES string of the molecule is CCC1(CC)CC(NC(=O)C(C(N)=S)C(C)C)CCO1. The maximum atomic E-state index is 12.4. The van der Waals surface area contributed by atoms with Crippen LogP contribution >= 0.6 is 12.2 Å². The highest BCUT2D eigenvalue weighted by Gasteiger charge is 2.36. The fourth-order valence-corrected chi connectivity index (χ4v) is 3.32. The number of thiocarbonyl (C=S) groups is 1. The highest BCUT2D eigenvalue weighted by molar-refractivity contribution is 7.80. The van der Waals surface area contributed by atoms with E-state index >= 15 is 0 Å². The molecule has 2 unspecified atom stereocenters. The second kappa shape index (κ2) is 7.36. The molecule has 0 saturated carbocycles. The van der Waals surface area contributed by atoms with Gasteiger partial charge in [0.2, 0.25) is 5.91 Å². The molecule has 1 fully saturated rings. The highest BCUT2D eigenvalue weighted by Crippen LogP contribution is 2.31. The summed E-state index contributed by atoms with van der Waals surface area (Å²) in [5.41, 5.74) is 5.60. The molecule has 0 bridgehead atoms. The van der Waals surface area contributed by atoms with Gasteiger partial charge in [0.25, 0.3) is 0 Å². The van der Waals surface area contributed by atoms with Crippen molar-refractivity contribution >= 4 is 23.1 Å². The smallest absolute Gasteiger partial charge is 0.230 e. The Bertz CT molecular complexity index is 354. The number of nitrogens with one attached hydrogen (secondary N) is 1. The molecule has 1 rings (SSSR count). The molecule has 2 atom stereocenters. The van der Waals surface area contributed by atoms with E-state index < -0.39 is 0 Å². The van der Waals surface area contributed by atoms with E-state index in [-0.39, 0.29) is 34.4 Å². The first-order chi connectivity index (χ1) is 9.35. The van der Waals surface area contributed by atoms with Crippen molar-refractivity contribution in [3.63, 3.8) is 0 Å². The maximum Gasteiger partial charge on any atom is 0.230 e. The molecule has 3 N–H and O–H groups in total. The molecule has 0 aliphatic carbocycles. The predicted molar refractivity (Wildman–Crippen MR) is 85.5 cm³/mol. The molecule has 1 aliphatic heterocycles. The van der Waals surface area contributed by atoms with Crippen molar-refractivity contribution in [2.45, 2.75) is 65.0 Å². The normalized spacial score (nSPS) is 23.4. The summed E-state index contributed by atoms with van der Waals surface area (Å²) in [6.07, 6.45) is 3.67. The molecule has 20 heavy (non-hydrogen) atoms. The molecule has 0 radical (unpaired) electrons. The second-order valence-corrected chi connectivity index (χ2v) is 6.53. The minimum absolute atomic E-state index is 0.0412. The molecule has 0 aromatic heterocycles. The van der Waals surface area contributed by atoms with E-state index in [0.717, 1.165) is 25.7 Å². The first-order valence-electron chi connectivity index (χ1n) is 7.59. The molecular weight excluding hydrogens is 272 g/mol. The second-order valence-electron chi connectivity index (χ2n) is 6.06. The van der Waals surface area contributed by atoms with E-state index in [4.69, 9.17) is 22.7 Å². The average molecular weight is 300 g/mol. The Hall–Kier alpha value is -0.680. The van der Waals surface area contributed by atoms with E-state index in [1.54, 1.807) is 0 Å². The van der Waals surface area contributed by atoms with Crippen LogP contribution in [0.3, 0.4) is 0 Å². The summed E-state index contributed by atoms with van der Waals surface area (Å²) in [4.78, 5) is 12.6. The summed E-state index contributed by atoms with van der Waals surface area (Å²) in [5.74, 6) is -0.305. The van der Waals surface area contributed by atoms with Crippen molar-refractivity contribution in [2.24, 2.45) is 17.6 Å². The first kappa shape index (κ1) is 17.4. The minimum Gasteiger partial charge on any atom is -0.393 e. The molecule has 0 spiro atoms. The van der Waals surface area contributed by atoms with Crippen molar-refractivity contribution in [2.75, 3.05) is 6.61 Å². The van der Waals surface area contributed by atoms with Crippen molar-refractivity contribution in [1.82, 2.24) is 5.32 Å². The van der Waals surface area contributed by atoms with Gasteiger partial charge in [0.15, 0.2) is 0 Å². The number of nitrogens with two attached hydrogens (primary N) is 1. The summed E-state index contributed by atoms with van der Waals surface area (Å²) in [6, 6.07) is 0.159. The zero-order valence-corrected chi connectivity index (χ0v) is 13.9. The van der Waals surface area contributed by atoms with E-state index in [9.17, 15) is 4.79 Å². The predicted octanol–water partition coefficient (Wildman–Crippen LogP) is 2.40. The lowest BCUT2D eigenvalue weighted by Crippen LogP contribution is -2.51. The van der Waals surface area contributed by atoms with Crippen LogP contribution in [-0.4, -0.2) is 29.1 Å². The Morgan fingerprint density at radius 2 is 2.05 bits per heavy atom. The van der Waals surface area contributed by atoms with Crippen LogP contribution in [0.15, 0.2) is 0 Å². The number of hydrogen-bond acceptors (Lipinski definition) is 3. The van der Waals surface area contributed by atoms with Crippen LogP contribution in [0, 0.1) is 11.8 Å². The molecule has 1 amide bonds. The van der Waals surface area contributed by atoms with Crippen LogP contribution in [0.1, 0.15) is 53.4 Å². The van der Waals surface area contributed by atoms with Gasteiger partial charge < -0.3 is 15.8 Å². The summed E-state index contributed by atoms with van der Waals surface area (Å²) < 4.78 is 5.93. The zero-order valence-electron chi connectivity index (χ0n) is 13.1. The largest absolute Gasteiger partial charge is 0.393 e. The van der Waals surface area contributed by atoms with Crippen molar-refractivity contribution in [3.8, 4) is 0 Å². The lowest BCUT2D eigenvalue weighted by molar-refractivity contribution is -0.128. The minimum atomic E-state index is -0.384.